The van der Waals surface area contributed by atoms with E-state index in [-0.39, 0.29) is 11.4 Å². The summed E-state index contributed by atoms with van der Waals surface area (Å²) in [5.74, 6) is -1.60. The Morgan fingerprint density at radius 1 is 1.33 bits per heavy atom. The molecular formula is C12H8ClFN2O2. The zero-order valence-electron chi connectivity index (χ0n) is 9.32. The first-order valence-electron chi connectivity index (χ1n) is 5.00. The molecule has 6 heteroatoms. The fourth-order valence-electron chi connectivity index (χ4n) is 1.46. The molecule has 92 valence electrons. The zero-order valence-corrected chi connectivity index (χ0v) is 10.1. The van der Waals surface area contributed by atoms with Gasteiger partial charge in [0.1, 0.15) is 12.1 Å². The highest BCUT2D eigenvalue weighted by molar-refractivity contribution is 6.33. The van der Waals surface area contributed by atoms with Crippen LogP contribution in [0.25, 0.3) is 11.3 Å². The molecule has 0 radical (unpaired) electrons. The number of benzene rings is 1. The molecule has 0 unspecified atom stereocenters. The fraction of sp³-hybridized carbons (Fsp3) is 0.0833. The lowest BCUT2D eigenvalue weighted by molar-refractivity contribution is 0.0690. The second-order valence-electron chi connectivity index (χ2n) is 3.67. The van der Waals surface area contributed by atoms with Gasteiger partial charge in [-0.05, 0) is 30.7 Å². The largest absolute Gasteiger partial charge is 0.477 e. The molecule has 0 amide bonds. The molecule has 0 aliphatic carbocycles. The molecule has 1 aromatic heterocycles. The highest BCUT2D eigenvalue weighted by Crippen LogP contribution is 2.28. The van der Waals surface area contributed by atoms with E-state index in [1.807, 2.05) is 0 Å². The van der Waals surface area contributed by atoms with Gasteiger partial charge in [-0.25, -0.2) is 19.2 Å². The number of aromatic carboxylic acids is 1. The van der Waals surface area contributed by atoms with Gasteiger partial charge < -0.3 is 5.11 Å². The molecule has 0 aliphatic rings. The molecule has 2 aromatic rings. The Hall–Kier alpha value is -2.01. The summed E-state index contributed by atoms with van der Waals surface area (Å²) >= 11 is 5.99. The lowest BCUT2D eigenvalue weighted by Crippen LogP contribution is -2.01. The number of aryl methyl sites for hydroxylation is 1. The fourth-order valence-corrected chi connectivity index (χ4v) is 1.78. The van der Waals surface area contributed by atoms with Gasteiger partial charge in [-0.2, -0.15) is 0 Å². The lowest BCUT2D eigenvalue weighted by Gasteiger charge is -2.06. The molecule has 0 atom stereocenters. The maximum atomic E-state index is 13.5. The highest BCUT2D eigenvalue weighted by Gasteiger charge is 2.12. The monoisotopic (exact) mass is 266 g/mol. The van der Waals surface area contributed by atoms with Gasteiger partial charge in [0, 0.05) is 5.56 Å². The molecule has 0 spiro atoms. The molecule has 0 fully saturated rings. The van der Waals surface area contributed by atoms with Crippen LogP contribution in [0.4, 0.5) is 4.39 Å². The number of carboxylic acids is 1. The van der Waals surface area contributed by atoms with Gasteiger partial charge in [0.05, 0.1) is 10.7 Å². The number of halogens is 2. The predicted molar refractivity (Wildman–Crippen MR) is 64.1 cm³/mol. The Morgan fingerprint density at radius 3 is 2.72 bits per heavy atom. The van der Waals surface area contributed by atoms with Gasteiger partial charge in [0.2, 0.25) is 0 Å². The van der Waals surface area contributed by atoms with Crippen LogP contribution in [0, 0.1) is 12.7 Å². The average Bonchev–Trinajstić information content (AvgIpc) is 2.34. The van der Waals surface area contributed by atoms with Crippen LogP contribution in [0.1, 0.15) is 16.1 Å². The van der Waals surface area contributed by atoms with Crippen molar-refractivity contribution >= 4 is 17.6 Å². The number of carboxylic acid groups (broad SMARTS) is 1. The van der Waals surface area contributed by atoms with Crippen LogP contribution < -0.4 is 0 Å². The van der Waals surface area contributed by atoms with Crippen LogP contribution in [-0.4, -0.2) is 21.0 Å². The van der Waals surface area contributed by atoms with Crippen LogP contribution in [0.5, 0.6) is 0 Å². The summed E-state index contributed by atoms with van der Waals surface area (Å²) in [7, 11) is 0. The number of rotatable bonds is 2. The van der Waals surface area contributed by atoms with Gasteiger partial charge in [0.15, 0.2) is 5.69 Å². The second kappa shape index (κ2) is 4.70. The van der Waals surface area contributed by atoms with Crippen molar-refractivity contribution in [2.45, 2.75) is 6.92 Å². The molecule has 0 saturated heterocycles. The quantitative estimate of drug-likeness (QED) is 0.908. The smallest absolute Gasteiger partial charge is 0.354 e. The van der Waals surface area contributed by atoms with Crippen molar-refractivity contribution in [2.24, 2.45) is 0 Å². The molecule has 1 N–H and O–H groups in total. The maximum absolute atomic E-state index is 13.5. The van der Waals surface area contributed by atoms with Crippen molar-refractivity contribution in [3.8, 4) is 11.3 Å². The molecular weight excluding hydrogens is 259 g/mol. The van der Waals surface area contributed by atoms with Crippen molar-refractivity contribution in [1.82, 2.24) is 9.97 Å². The minimum absolute atomic E-state index is 0.169. The third-order valence-electron chi connectivity index (χ3n) is 2.41. The van der Waals surface area contributed by atoms with Gasteiger partial charge in [0.25, 0.3) is 0 Å². The summed E-state index contributed by atoms with van der Waals surface area (Å²) in [6.07, 6.45) is 1.10. The Labute approximate surface area is 107 Å². The Bertz CT molecular complexity index is 631. The van der Waals surface area contributed by atoms with Crippen LogP contribution >= 0.6 is 11.6 Å². The molecule has 4 nitrogen and oxygen atoms in total. The summed E-state index contributed by atoms with van der Waals surface area (Å²) in [6.45, 7) is 1.59. The van der Waals surface area contributed by atoms with Gasteiger partial charge in [-0.15, -0.1) is 0 Å². The first kappa shape index (κ1) is 12.4. The second-order valence-corrected chi connectivity index (χ2v) is 4.08. The Balaban J connectivity index is 2.58. The molecule has 0 bridgehead atoms. The van der Waals surface area contributed by atoms with Crippen molar-refractivity contribution in [2.75, 3.05) is 0 Å². The van der Waals surface area contributed by atoms with E-state index in [4.69, 9.17) is 16.7 Å². The summed E-state index contributed by atoms with van der Waals surface area (Å²) in [6, 6.07) is 3.94. The Kier molecular flexibility index (Phi) is 3.25. The van der Waals surface area contributed by atoms with E-state index in [2.05, 4.69) is 9.97 Å². The van der Waals surface area contributed by atoms with Crippen LogP contribution in [0.2, 0.25) is 5.02 Å². The van der Waals surface area contributed by atoms with Gasteiger partial charge in [-0.3, -0.25) is 0 Å². The van der Waals surface area contributed by atoms with E-state index >= 15 is 0 Å². The zero-order chi connectivity index (χ0) is 13.3. The minimum atomic E-state index is -1.18. The maximum Gasteiger partial charge on any atom is 0.354 e. The van der Waals surface area contributed by atoms with Crippen molar-refractivity contribution in [3.63, 3.8) is 0 Å². The summed E-state index contributed by atoms with van der Waals surface area (Å²) in [5, 5.41) is 9.14. The summed E-state index contributed by atoms with van der Waals surface area (Å²) in [5.41, 5.74) is 0.851. The Morgan fingerprint density at radius 2 is 2.06 bits per heavy atom. The van der Waals surface area contributed by atoms with Gasteiger partial charge >= 0.3 is 5.97 Å². The first-order valence-corrected chi connectivity index (χ1v) is 5.38. The van der Waals surface area contributed by atoms with E-state index in [0.29, 0.717) is 16.1 Å². The normalized spacial score (nSPS) is 10.4. The molecule has 1 aromatic carbocycles. The summed E-state index contributed by atoms with van der Waals surface area (Å²) < 4.78 is 13.5. The SMILES string of the molecule is Cc1cc(Cl)c(-c2cc(C(=O)O)ncn2)cc1F. The number of hydrogen-bond donors (Lipinski definition) is 1. The average molecular weight is 267 g/mol. The van der Waals surface area contributed by atoms with E-state index < -0.39 is 11.8 Å². The predicted octanol–water partition coefficient (Wildman–Crippen LogP) is 2.94. The third kappa shape index (κ3) is 2.31. The van der Waals surface area contributed by atoms with E-state index in [1.54, 1.807) is 6.92 Å². The molecule has 1 heterocycles. The molecule has 18 heavy (non-hydrogen) atoms. The third-order valence-corrected chi connectivity index (χ3v) is 2.72. The standard InChI is InChI=1S/C12H8ClFN2O2/c1-6-2-8(13)7(3-9(6)14)10-4-11(12(17)18)16-5-15-10/h2-5H,1H3,(H,17,18). The topological polar surface area (TPSA) is 63.1 Å². The number of aromatic nitrogens is 2. The number of carbonyl (C=O) groups is 1. The van der Waals surface area contributed by atoms with Gasteiger partial charge in [-0.1, -0.05) is 11.6 Å². The van der Waals surface area contributed by atoms with E-state index in [1.165, 1.54) is 18.2 Å². The molecule has 0 aliphatic heterocycles. The van der Waals surface area contributed by atoms with Crippen molar-refractivity contribution in [3.05, 3.63) is 46.6 Å². The van der Waals surface area contributed by atoms with Crippen LogP contribution in [0.15, 0.2) is 24.5 Å². The first-order chi connectivity index (χ1) is 8.49. The number of hydrogen-bond acceptors (Lipinski definition) is 3. The van der Waals surface area contributed by atoms with Crippen LogP contribution in [0.3, 0.4) is 0 Å². The number of nitrogens with zero attached hydrogens (tertiary/aromatic N) is 2. The lowest BCUT2D eigenvalue weighted by atomic mass is 10.1. The summed E-state index contributed by atoms with van der Waals surface area (Å²) in [4.78, 5) is 18.3. The van der Waals surface area contributed by atoms with Crippen LogP contribution in [-0.2, 0) is 0 Å². The van der Waals surface area contributed by atoms with E-state index in [0.717, 1.165) is 6.33 Å². The van der Waals surface area contributed by atoms with Crippen molar-refractivity contribution in [1.29, 1.82) is 0 Å². The molecule has 0 saturated carbocycles. The minimum Gasteiger partial charge on any atom is -0.477 e. The highest BCUT2D eigenvalue weighted by atomic mass is 35.5. The van der Waals surface area contributed by atoms with Crippen molar-refractivity contribution < 1.29 is 14.3 Å². The van der Waals surface area contributed by atoms with E-state index in [9.17, 15) is 9.18 Å². The molecule has 2 rings (SSSR count).